The van der Waals surface area contributed by atoms with Crippen LogP contribution < -0.4 is 10.0 Å². The van der Waals surface area contributed by atoms with Gasteiger partial charge >= 0.3 is 0 Å². The van der Waals surface area contributed by atoms with E-state index < -0.39 is 10.0 Å². The van der Waals surface area contributed by atoms with E-state index in [1.165, 1.54) is 5.56 Å². The van der Waals surface area contributed by atoms with E-state index in [0.29, 0.717) is 11.4 Å². The van der Waals surface area contributed by atoms with Gasteiger partial charge in [0, 0.05) is 22.3 Å². The van der Waals surface area contributed by atoms with Crippen molar-refractivity contribution in [1.29, 1.82) is 0 Å². The molecule has 0 saturated carbocycles. The molecule has 1 aromatic heterocycles. The van der Waals surface area contributed by atoms with Gasteiger partial charge in [0.2, 0.25) is 10.0 Å². The first-order valence-corrected chi connectivity index (χ1v) is 12.6. The number of nitrogens with one attached hydrogen (secondary N) is 2. The van der Waals surface area contributed by atoms with Crippen LogP contribution >= 0.6 is 27.3 Å². The van der Waals surface area contributed by atoms with Crippen LogP contribution in [0.4, 0.5) is 0 Å². The minimum Gasteiger partial charge on any atom is -0.313 e. The van der Waals surface area contributed by atoms with Crippen LogP contribution in [0.3, 0.4) is 0 Å². The first kappa shape index (κ1) is 21.5. The van der Waals surface area contributed by atoms with Crippen LogP contribution in [-0.4, -0.2) is 21.5 Å². The molecule has 0 spiro atoms. The Morgan fingerprint density at radius 3 is 2.43 bits per heavy atom. The van der Waals surface area contributed by atoms with Crippen molar-refractivity contribution < 1.29 is 8.42 Å². The van der Waals surface area contributed by atoms with Crippen LogP contribution in [0.25, 0.3) is 10.1 Å². The highest BCUT2D eigenvalue weighted by Crippen LogP contribution is 2.23. The zero-order valence-electron chi connectivity index (χ0n) is 15.7. The van der Waals surface area contributed by atoms with Gasteiger partial charge in [-0.05, 0) is 66.0 Å². The van der Waals surface area contributed by atoms with Crippen LogP contribution in [0.15, 0.2) is 63.3 Å². The number of benzene rings is 2. The molecule has 0 aliphatic rings. The molecular formula is C21H25BrN2O2S2. The predicted molar refractivity (Wildman–Crippen MR) is 121 cm³/mol. The van der Waals surface area contributed by atoms with Crippen molar-refractivity contribution in [3.05, 3.63) is 63.9 Å². The molecule has 7 heteroatoms. The van der Waals surface area contributed by atoms with E-state index in [1.54, 1.807) is 23.5 Å². The highest BCUT2D eigenvalue weighted by Gasteiger charge is 2.13. The van der Waals surface area contributed by atoms with E-state index in [0.717, 1.165) is 53.3 Å². The van der Waals surface area contributed by atoms with E-state index in [1.807, 2.05) is 17.5 Å². The Kier molecular flexibility index (Phi) is 8.05. The molecule has 4 nitrogen and oxygen atoms in total. The maximum Gasteiger partial charge on any atom is 0.240 e. The molecule has 0 amide bonds. The number of thiophene rings is 1. The predicted octanol–water partition coefficient (Wildman–Crippen LogP) is 5.29. The van der Waals surface area contributed by atoms with Gasteiger partial charge in [-0.1, -0.05) is 47.0 Å². The molecule has 0 aliphatic carbocycles. The number of rotatable bonds is 11. The van der Waals surface area contributed by atoms with Gasteiger partial charge in [-0.25, -0.2) is 13.1 Å². The van der Waals surface area contributed by atoms with Gasteiger partial charge in [0.05, 0.1) is 4.90 Å². The van der Waals surface area contributed by atoms with Gasteiger partial charge in [-0.15, -0.1) is 11.3 Å². The number of hydrogen-bond donors (Lipinski definition) is 2. The maximum absolute atomic E-state index is 12.4. The average Bonchev–Trinajstić information content (AvgIpc) is 3.16. The van der Waals surface area contributed by atoms with Gasteiger partial charge < -0.3 is 5.32 Å². The van der Waals surface area contributed by atoms with E-state index in [-0.39, 0.29) is 0 Å². The quantitative estimate of drug-likeness (QED) is 0.366. The SMILES string of the molecule is O=S(=O)(NCCCCCCNCc1ccc(Br)cc1)c1ccc2ccsc2c1. The molecule has 150 valence electrons. The number of unbranched alkanes of at least 4 members (excludes halogenated alkanes) is 3. The maximum atomic E-state index is 12.4. The van der Waals surface area contributed by atoms with Crippen molar-refractivity contribution in [3.8, 4) is 0 Å². The molecule has 1 heterocycles. The molecule has 2 aromatic carbocycles. The molecule has 0 atom stereocenters. The number of fused-ring (bicyclic) bond motifs is 1. The third kappa shape index (κ3) is 6.39. The summed E-state index contributed by atoms with van der Waals surface area (Å²) in [5.74, 6) is 0. The van der Waals surface area contributed by atoms with E-state index in [9.17, 15) is 8.42 Å². The van der Waals surface area contributed by atoms with Crippen LogP contribution in [0, 0.1) is 0 Å². The minimum absolute atomic E-state index is 0.347. The average molecular weight is 481 g/mol. The third-order valence-electron chi connectivity index (χ3n) is 4.55. The molecule has 3 rings (SSSR count). The fourth-order valence-corrected chi connectivity index (χ4v) is 5.22. The number of sulfonamides is 1. The van der Waals surface area contributed by atoms with Crippen molar-refractivity contribution in [1.82, 2.24) is 10.0 Å². The Morgan fingerprint density at radius 2 is 1.64 bits per heavy atom. The first-order chi connectivity index (χ1) is 13.5. The molecule has 3 aromatic rings. The summed E-state index contributed by atoms with van der Waals surface area (Å²) in [7, 11) is -3.42. The van der Waals surface area contributed by atoms with Gasteiger partial charge in [0.25, 0.3) is 0 Å². The highest BCUT2D eigenvalue weighted by atomic mass is 79.9. The summed E-state index contributed by atoms with van der Waals surface area (Å²) < 4.78 is 29.6. The largest absolute Gasteiger partial charge is 0.313 e. The van der Waals surface area contributed by atoms with E-state index in [2.05, 4.69) is 50.2 Å². The Bertz CT molecular complexity index is 985. The normalized spacial score (nSPS) is 11.9. The molecule has 0 saturated heterocycles. The van der Waals surface area contributed by atoms with Crippen molar-refractivity contribution in [2.24, 2.45) is 0 Å². The Balaban J connectivity index is 1.28. The topological polar surface area (TPSA) is 58.2 Å². The smallest absolute Gasteiger partial charge is 0.240 e. The molecule has 0 bridgehead atoms. The van der Waals surface area contributed by atoms with E-state index in [4.69, 9.17) is 0 Å². The summed E-state index contributed by atoms with van der Waals surface area (Å²) >= 11 is 5.00. The Labute approximate surface area is 179 Å². The Morgan fingerprint density at radius 1 is 0.893 bits per heavy atom. The summed E-state index contributed by atoms with van der Waals surface area (Å²) in [4.78, 5) is 0.347. The van der Waals surface area contributed by atoms with Crippen molar-refractivity contribution in [2.75, 3.05) is 13.1 Å². The first-order valence-electron chi connectivity index (χ1n) is 9.47. The molecule has 0 unspecified atom stereocenters. The number of halogens is 1. The molecule has 0 radical (unpaired) electrons. The second-order valence-corrected chi connectivity index (χ2v) is 10.4. The summed E-state index contributed by atoms with van der Waals surface area (Å²) in [6.45, 7) is 2.33. The van der Waals surface area contributed by atoms with Gasteiger partial charge in [0.1, 0.15) is 0 Å². The lowest BCUT2D eigenvalue weighted by atomic mass is 10.2. The van der Waals surface area contributed by atoms with Crippen molar-refractivity contribution in [3.63, 3.8) is 0 Å². The van der Waals surface area contributed by atoms with Crippen LogP contribution in [0.2, 0.25) is 0 Å². The highest BCUT2D eigenvalue weighted by molar-refractivity contribution is 9.10. The lowest BCUT2D eigenvalue weighted by Crippen LogP contribution is -2.24. The lowest BCUT2D eigenvalue weighted by molar-refractivity contribution is 0.564. The number of hydrogen-bond acceptors (Lipinski definition) is 4. The monoisotopic (exact) mass is 480 g/mol. The minimum atomic E-state index is -3.42. The molecule has 28 heavy (non-hydrogen) atoms. The fraction of sp³-hybridized carbons (Fsp3) is 0.333. The zero-order valence-corrected chi connectivity index (χ0v) is 18.9. The summed E-state index contributed by atoms with van der Waals surface area (Å²) in [6.07, 6.45) is 4.06. The molecule has 0 aliphatic heterocycles. The third-order valence-corrected chi connectivity index (χ3v) is 7.42. The summed E-state index contributed by atoms with van der Waals surface area (Å²) in [6, 6.07) is 15.6. The van der Waals surface area contributed by atoms with Crippen molar-refractivity contribution >= 4 is 47.4 Å². The second-order valence-electron chi connectivity index (χ2n) is 6.74. The Hall–Kier alpha value is -1.25. The van der Waals surface area contributed by atoms with Crippen LogP contribution in [0.5, 0.6) is 0 Å². The van der Waals surface area contributed by atoms with Gasteiger partial charge in [-0.2, -0.15) is 0 Å². The summed E-state index contributed by atoms with van der Waals surface area (Å²) in [5.41, 5.74) is 1.28. The molecule has 2 N–H and O–H groups in total. The van der Waals surface area contributed by atoms with E-state index >= 15 is 0 Å². The molecular weight excluding hydrogens is 456 g/mol. The lowest BCUT2D eigenvalue weighted by Gasteiger charge is -2.08. The standard InChI is InChI=1S/C21H25BrN2O2S2/c22-19-8-5-17(6-9-19)16-23-12-3-1-2-4-13-24-28(25,26)20-10-7-18-11-14-27-21(18)15-20/h5-11,14-15,23-24H,1-4,12-13,16H2. The van der Waals surface area contributed by atoms with Gasteiger partial charge in [0.15, 0.2) is 0 Å². The summed E-state index contributed by atoms with van der Waals surface area (Å²) in [5, 5.41) is 6.50. The van der Waals surface area contributed by atoms with Gasteiger partial charge in [-0.3, -0.25) is 0 Å². The van der Waals surface area contributed by atoms with Crippen LogP contribution in [-0.2, 0) is 16.6 Å². The second kappa shape index (κ2) is 10.5. The van der Waals surface area contributed by atoms with Crippen LogP contribution in [0.1, 0.15) is 31.2 Å². The van der Waals surface area contributed by atoms with Crippen molar-refractivity contribution in [2.45, 2.75) is 37.1 Å². The molecule has 0 fully saturated rings. The zero-order chi connectivity index (χ0) is 19.8. The fourth-order valence-electron chi connectivity index (χ4n) is 2.96.